The van der Waals surface area contributed by atoms with Crippen LogP contribution in [0.1, 0.15) is 24.0 Å². The van der Waals surface area contributed by atoms with E-state index in [1.54, 1.807) is 6.07 Å². The van der Waals surface area contributed by atoms with Crippen LogP contribution in [0.5, 0.6) is 0 Å². The highest BCUT2D eigenvalue weighted by Gasteiger charge is 2.30. The molecule has 0 unspecified atom stereocenters. The molecule has 88 valence electrons. The highest BCUT2D eigenvalue weighted by Crippen LogP contribution is 2.24. The van der Waals surface area contributed by atoms with Gasteiger partial charge in [0.2, 0.25) is 0 Å². The smallest absolute Gasteiger partial charge is 0.126 e. The summed E-state index contributed by atoms with van der Waals surface area (Å²) in [5.74, 6) is -0.202. The Labute approximate surface area is 95.5 Å². The van der Waals surface area contributed by atoms with E-state index in [1.165, 1.54) is 6.07 Å². The van der Waals surface area contributed by atoms with Crippen LogP contribution in [0.15, 0.2) is 18.2 Å². The van der Waals surface area contributed by atoms with Gasteiger partial charge < -0.3 is 10.4 Å². The highest BCUT2D eigenvalue weighted by atomic mass is 19.1. The molecule has 2 N–H and O–H groups in total. The van der Waals surface area contributed by atoms with E-state index in [0.717, 1.165) is 18.7 Å². The van der Waals surface area contributed by atoms with Crippen molar-refractivity contribution < 1.29 is 9.50 Å². The molecule has 1 aromatic carbocycles. The number of hydrogen-bond donors (Lipinski definition) is 2. The minimum Gasteiger partial charge on any atom is -0.389 e. The minimum atomic E-state index is -0.735. The van der Waals surface area contributed by atoms with E-state index in [-0.39, 0.29) is 5.82 Å². The number of aliphatic hydroxyl groups is 1. The minimum absolute atomic E-state index is 0.202. The maximum absolute atomic E-state index is 13.6. The molecule has 0 atom stereocenters. The summed E-state index contributed by atoms with van der Waals surface area (Å²) < 4.78 is 13.6. The van der Waals surface area contributed by atoms with Crippen LogP contribution in [-0.4, -0.2) is 23.8 Å². The van der Waals surface area contributed by atoms with Crippen LogP contribution in [0.3, 0.4) is 0 Å². The van der Waals surface area contributed by atoms with E-state index in [4.69, 9.17) is 0 Å². The van der Waals surface area contributed by atoms with E-state index in [0.29, 0.717) is 24.8 Å². The summed E-state index contributed by atoms with van der Waals surface area (Å²) in [5, 5.41) is 13.5. The molecule has 1 aliphatic heterocycles. The highest BCUT2D eigenvalue weighted by molar-refractivity contribution is 5.25. The molecule has 0 amide bonds. The molecule has 2 rings (SSSR count). The number of piperidine rings is 1. The van der Waals surface area contributed by atoms with Gasteiger partial charge in [0, 0.05) is 6.42 Å². The van der Waals surface area contributed by atoms with Crippen molar-refractivity contribution in [3.05, 3.63) is 35.1 Å². The summed E-state index contributed by atoms with van der Waals surface area (Å²) in [6.45, 7) is 3.49. The largest absolute Gasteiger partial charge is 0.389 e. The fourth-order valence-corrected chi connectivity index (χ4v) is 2.22. The van der Waals surface area contributed by atoms with Crippen LogP contribution >= 0.6 is 0 Å². The van der Waals surface area contributed by atoms with Crippen molar-refractivity contribution in [2.24, 2.45) is 0 Å². The number of hydrogen-bond acceptors (Lipinski definition) is 2. The Bertz CT molecular complexity index is 372. The second-order valence-electron chi connectivity index (χ2n) is 4.75. The predicted octanol–water partition coefficient (Wildman–Crippen LogP) is 1.79. The molecule has 16 heavy (non-hydrogen) atoms. The number of nitrogens with one attached hydrogen (secondary N) is 1. The summed E-state index contributed by atoms with van der Waals surface area (Å²) >= 11 is 0. The summed E-state index contributed by atoms with van der Waals surface area (Å²) in [6, 6.07) is 5.20. The van der Waals surface area contributed by atoms with Crippen LogP contribution in [0.25, 0.3) is 0 Å². The van der Waals surface area contributed by atoms with Gasteiger partial charge in [0.05, 0.1) is 5.60 Å². The first-order valence-electron chi connectivity index (χ1n) is 5.77. The first-order valence-corrected chi connectivity index (χ1v) is 5.77. The van der Waals surface area contributed by atoms with Crippen molar-refractivity contribution in [2.75, 3.05) is 13.1 Å². The fourth-order valence-electron chi connectivity index (χ4n) is 2.22. The van der Waals surface area contributed by atoms with Gasteiger partial charge in [-0.3, -0.25) is 0 Å². The zero-order valence-electron chi connectivity index (χ0n) is 9.59. The molecule has 0 bridgehead atoms. The maximum atomic E-state index is 13.6. The first kappa shape index (κ1) is 11.6. The van der Waals surface area contributed by atoms with Gasteiger partial charge in [0.1, 0.15) is 5.82 Å². The van der Waals surface area contributed by atoms with Gasteiger partial charge in [-0.25, -0.2) is 4.39 Å². The van der Waals surface area contributed by atoms with Gasteiger partial charge in [0.25, 0.3) is 0 Å². The third-order valence-corrected chi connectivity index (χ3v) is 3.26. The van der Waals surface area contributed by atoms with Crippen LogP contribution in [0, 0.1) is 12.7 Å². The lowest BCUT2D eigenvalue weighted by molar-refractivity contribution is 0.0101. The molecular weight excluding hydrogens is 205 g/mol. The quantitative estimate of drug-likeness (QED) is 0.801. The molecule has 0 aromatic heterocycles. The Morgan fingerprint density at radius 2 is 2.06 bits per heavy atom. The van der Waals surface area contributed by atoms with E-state index in [9.17, 15) is 9.50 Å². The second-order valence-corrected chi connectivity index (χ2v) is 4.75. The fraction of sp³-hybridized carbons (Fsp3) is 0.538. The van der Waals surface area contributed by atoms with Crippen LogP contribution in [0.2, 0.25) is 0 Å². The summed E-state index contributed by atoms with van der Waals surface area (Å²) in [6.07, 6.45) is 1.81. The molecule has 3 heteroatoms. The standard InChI is InChI=1S/C13H18FNO/c1-10-2-3-11(12(14)8-10)9-13(16)4-6-15-7-5-13/h2-3,8,15-16H,4-7,9H2,1H3. The number of benzene rings is 1. The zero-order valence-corrected chi connectivity index (χ0v) is 9.59. The number of halogens is 1. The lowest BCUT2D eigenvalue weighted by Gasteiger charge is -2.32. The molecule has 0 radical (unpaired) electrons. The lowest BCUT2D eigenvalue weighted by atomic mass is 9.86. The Morgan fingerprint density at radius 3 is 2.69 bits per heavy atom. The average molecular weight is 223 g/mol. The maximum Gasteiger partial charge on any atom is 0.126 e. The molecule has 1 aromatic rings. The summed E-state index contributed by atoms with van der Waals surface area (Å²) in [5.41, 5.74) is 0.801. The van der Waals surface area contributed by atoms with Gasteiger partial charge >= 0.3 is 0 Å². The molecule has 0 spiro atoms. The van der Waals surface area contributed by atoms with Gasteiger partial charge in [-0.1, -0.05) is 12.1 Å². The Kier molecular flexibility index (Phi) is 3.26. The zero-order chi connectivity index (χ0) is 11.6. The molecule has 0 saturated carbocycles. The van der Waals surface area contributed by atoms with E-state index >= 15 is 0 Å². The van der Waals surface area contributed by atoms with Crippen molar-refractivity contribution >= 4 is 0 Å². The molecule has 2 nitrogen and oxygen atoms in total. The Hall–Kier alpha value is -0.930. The third kappa shape index (κ3) is 2.60. The van der Waals surface area contributed by atoms with Gasteiger partial charge in [0.15, 0.2) is 0 Å². The molecule has 1 heterocycles. The Balaban J connectivity index is 2.13. The number of aryl methyl sites for hydroxylation is 1. The van der Waals surface area contributed by atoms with Gasteiger partial charge in [-0.2, -0.15) is 0 Å². The second kappa shape index (κ2) is 4.52. The summed E-state index contributed by atoms with van der Waals surface area (Å²) in [4.78, 5) is 0. The molecular formula is C13H18FNO. The van der Waals surface area contributed by atoms with Gasteiger partial charge in [-0.15, -0.1) is 0 Å². The monoisotopic (exact) mass is 223 g/mol. The lowest BCUT2D eigenvalue weighted by Crippen LogP contribution is -2.43. The van der Waals surface area contributed by atoms with Crippen molar-refractivity contribution in [1.29, 1.82) is 0 Å². The van der Waals surface area contributed by atoms with E-state index in [2.05, 4.69) is 5.32 Å². The normalized spacial score (nSPS) is 19.7. The number of rotatable bonds is 2. The summed E-state index contributed by atoms with van der Waals surface area (Å²) in [7, 11) is 0. The van der Waals surface area contributed by atoms with E-state index in [1.807, 2.05) is 13.0 Å². The van der Waals surface area contributed by atoms with E-state index < -0.39 is 5.60 Å². The van der Waals surface area contributed by atoms with Crippen LogP contribution < -0.4 is 5.32 Å². The molecule has 1 aliphatic rings. The third-order valence-electron chi connectivity index (χ3n) is 3.26. The average Bonchev–Trinajstić information content (AvgIpc) is 2.23. The molecule has 1 saturated heterocycles. The van der Waals surface area contributed by atoms with Crippen molar-refractivity contribution in [3.63, 3.8) is 0 Å². The predicted molar refractivity (Wildman–Crippen MR) is 61.9 cm³/mol. The van der Waals surface area contributed by atoms with Crippen molar-refractivity contribution in [3.8, 4) is 0 Å². The van der Waals surface area contributed by atoms with Crippen LogP contribution in [0.4, 0.5) is 4.39 Å². The Morgan fingerprint density at radius 1 is 1.38 bits per heavy atom. The van der Waals surface area contributed by atoms with Gasteiger partial charge in [-0.05, 0) is 50.0 Å². The SMILES string of the molecule is Cc1ccc(CC2(O)CCNCC2)c(F)c1. The van der Waals surface area contributed by atoms with Crippen LogP contribution in [-0.2, 0) is 6.42 Å². The molecule has 0 aliphatic carbocycles. The van der Waals surface area contributed by atoms with Crippen molar-refractivity contribution in [1.82, 2.24) is 5.32 Å². The first-order chi connectivity index (χ1) is 7.59. The molecule has 1 fully saturated rings. The van der Waals surface area contributed by atoms with Crippen molar-refractivity contribution in [2.45, 2.75) is 31.8 Å². The topological polar surface area (TPSA) is 32.3 Å².